The molecule has 21 heavy (non-hydrogen) atoms. The lowest BCUT2D eigenvalue weighted by molar-refractivity contribution is 0.330. The maximum atomic E-state index is 12.5. The molecule has 1 aliphatic rings. The summed E-state index contributed by atoms with van der Waals surface area (Å²) in [6.07, 6.45) is 6.44. The first-order valence-corrected chi connectivity index (χ1v) is 9.09. The minimum Gasteiger partial charge on any atom is -0.392 e. The van der Waals surface area contributed by atoms with Crippen LogP contribution in [0.25, 0.3) is 0 Å². The van der Waals surface area contributed by atoms with Crippen LogP contribution in [0.3, 0.4) is 0 Å². The van der Waals surface area contributed by atoms with Crippen molar-refractivity contribution in [2.75, 3.05) is 0 Å². The van der Waals surface area contributed by atoms with Gasteiger partial charge in [-0.3, -0.25) is 4.68 Å². The molecule has 0 radical (unpaired) electrons. The number of thiocarbonyl (C=S) groups is 1. The third-order valence-electron chi connectivity index (χ3n) is 3.81. The van der Waals surface area contributed by atoms with Crippen molar-refractivity contribution in [2.24, 2.45) is 18.7 Å². The van der Waals surface area contributed by atoms with Gasteiger partial charge >= 0.3 is 0 Å². The van der Waals surface area contributed by atoms with Crippen LogP contribution in [0.4, 0.5) is 0 Å². The molecule has 1 saturated carbocycles. The summed E-state index contributed by atoms with van der Waals surface area (Å²) >= 11 is 11.0. The molecule has 0 amide bonds. The number of hydrogen-bond donors (Lipinski definition) is 2. The molecule has 1 aromatic heterocycles. The lowest BCUT2D eigenvalue weighted by Gasteiger charge is -2.29. The average Bonchev–Trinajstić information content (AvgIpc) is 2.77. The summed E-state index contributed by atoms with van der Waals surface area (Å²) in [4.78, 5) is 0.170. The van der Waals surface area contributed by atoms with Gasteiger partial charge in [-0.05, 0) is 18.8 Å². The van der Waals surface area contributed by atoms with E-state index < -0.39 is 16.1 Å². The highest BCUT2D eigenvalue weighted by atomic mass is 35.5. The van der Waals surface area contributed by atoms with Gasteiger partial charge in [-0.1, -0.05) is 43.1 Å². The summed E-state index contributed by atoms with van der Waals surface area (Å²) < 4.78 is 28.9. The van der Waals surface area contributed by atoms with E-state index in [9.17, 15) is 8.42 Å². The third kappa shape index (κ3) is 3.74. The Balaban J connectivity index is 2.25. The highest BCUT2D eigenvalue weighted by molar-refractivity contribution is 7.89. The van der Waals surface area contributed by atoms with Crippen LogP contribution in [0.2, 0.25) is 5.02 Å². The zero-order valence-electron chi connectivity index (χ0n) is 11.8. The van der Waals surface area contributed by atoms with Crippen LogP contribution >= 0.6 is 23.8 Å². The molecule has 0 aliphatic heterocycles. The molecule has 1 aliphatic carbocycles. The Morgan fingerprint density at radius 2 is 2.14 bits per heavy atom. The van der Waals surface area contributed by atoms with Crippen molar-refractivity contribution in [1.29, 1.82) is 0 Å². The molecule has 2 rings (SSSR count). The molecular weight excluding hydrogens is 332 g/mol. The average molecular weight is 351 g/mol. The zero-order valence-corrected chi connectivity index (χ0v) is 14.1. The van der Waals surface area contributed by atoms with Crippen molar-refractivity contribution in [3.8, 4) is 0 Å². The second-order valence-electron chi connectivity index (χ2n) is 5.32. The Kier molecular flexibility index (Phi) is 5.24. The van der Waals surface area contributed by atoms with Gasteiger partial charge in [-0.2, -0.15) is 9.82 Å². The van der Waals surface area contributed by atoms with Gasteiger partial charge in [-0.15, -0.1) is 0 Å². The van der Waals surface area contributed by atoms with E-state index in [1.165, 1.54) is 24.3 Å². The lowest BCUT2D eigenvalue weighted by atomic mass is 9.84. The van der Waals surface area contributed by atoms with Crippen molar-refractivity contribution >= 4 is 38.8 Å². The molecule has 9 heteroatoms. The lowest BCUT2D eigenvalue weighted by Crippen LogP contribution is -2.49. The fraction of sp³-hybridized carbons (Fsp3) is 0.667. The first-order valence-electron chi connectivity index (χ1n) is 6.82. The summed E-state index contributed by atoms with van der Waals surface area (Å²) in [7, 11) is -2.30. The van der Waals surface area contributed by atoms with Crippen LogP contribution < -0.4 is 10.5 Å². The molecule has 0 aromatic carbocycles. The van der Waals surface area contributed by atoms with Gasteiger partial charge in [0, 0.05) is 7.05 Å². The van der Waals surface area contributed by atoms with E-state index >= 15 is 0 Å². The number of nitrogens with two attached hydrogens (primary N) is 1. The van der Waals surface area contributed by atoms with Crippen LogP contribution in [-0.2, 0) is 17.1 Å². The molecule has 118 valence electrons. The fourth-order valence-electron chi connectivity index (χ4n) is 2.78. The van der Waals surface area contributed by atoms with Crippen molar-refractivity contribution in [3.05, 3.63) is 11.2 Å². The van der Waals surface area contributed by atoms with E-state index in [2.05, 4.69) is 9.82 Å². The van der Waals surface area contributed by atoms with E-state index in [1.54, 1.807) is 0 Å². The molecular formula is C12H19ClN4O2S2. The number of halogens is 1. The highest BCUT2D eigenvalue weighted by Gasteiger charge is 2.32. The monoisotopic (exact) mass is 350 g/mol. The number of nitrogens with zero attached hydrogens (tertiary/aromatic N) is 2. The first kappa shape index (κ1) is 16.7. The third-order valence-corrected chi connectivity index (χ3v) is 6.01. The molecule has 1 unspecified atom stereocenters. The number of rotatable bonds is 5. The Morgan fingerprint density at radius 3 is 2.62 bits per heavy atom. The summed E-state index contributed by atoms with van der Waals surface area (Å²) in [5.74, 6) is 0.137. The van der Waals surface area contributed by atoms with Gasteiger partial charge in [0.2, 0.25) is 0 Å². The second kappa shape index (κ2) is 6.60. The van der Waals surface area contributed by atoms with Gasteiger partial charge in [0.1, 0.15) is 0 Å². The number of aromatic nitrogens is 2. The van der Waals surface area contributed by atoms with E-state index in [-0.39, 0.29) is 21.0 Å². The summed E-state index contributed by atoms with van der Waals surface area (Å²) in [6, 6.07) is -0.545. The summed E-state index contributed by atoms with van der Waals surface area (Å²) in [5, 5.41) is 3.86. The maximum absolute atomic E-state index is 12.5. The van der Waals surface area contributed by atoms with Gasteiger partial charge in [0.05, 0.1) is 22.2 Å². The topological polar surface area (TPSA) is 90.0 Å². The predicted molar refractivity (Wildman–Crippen MR) is 85.7 cm³/mol. The van der Waals surface area contributed by atoms with Crippen LogP contribution in [0, 0.1) is 5.92 Å². The zero-order chi connectivity index (χ0) is 15.6. The van der Waals surface area contributed by atoms with Crippen molar-refractivity contribution < 1.29 is 8.42 Å². The smallest absolute Gasteiger partial charge is 0.259 e. The molecule has 1 atom stereocenters. The fourth-order valence-corrected chi connectivity index (χ4v) is 5.05. The minimum atomic E-state index is -3.82. The molecule has 1 fully saturated rings. The largest absolute Gasteiger partial charge is 0.392 e. The number of sulfonamides is 1. The quantitative estimate of drug-likeness (QED) is 0.787. The van der Waals surface area contributed by atoms with Crippen molar-refractivity contribution in [1.82, 2.24) is 14.5 Å². The number of hydrogen-bond acceptors (Lipinski definition) is 4. The van der Waals surface area contributed by atoms with Crippen molar-refractivity contribution in [3.63, 3.8) is 0 Å². The van der Waals surface area contributed by atoms with Crippen LogP contribution in [0.1, 0.15) is 32.1 Å². The van der Waals surface area contributed by atoms with Crippen LogP contribution in [-0.4, -0.2) is 29.2 Å². The predicted octanol–water partition coefficient (Wildman–Crippen LogP) is 1.59. The molecule has 6 nitrogen and oxygen atoms in total. The van der Waals surface area contributed by atoms with Crippen molar-refractivity contribution in [2.45, 2.75) is 43.2 Å². The normalized spacial score (nSPS) is 18.6. The first-order chi connectivity index (χ1) is 9.83. The van der Waals surface area contributed by atoms with Crippen LogP contribution in [0.15, 0.2) is 11.2 Å². The summed E-state index contributed by atoms with van der Waals surface area (Å²) in [5.41, 5.74) is 5.75. The second-order valence-corrected chi connectivity index (χ2v) is 7.83. The van der Waals surface area contributed by atoms with E-state index in [1.807, 2.05) is 0 Å². The molecule has 0 bridgehead atoms. The van der Waals surface area contributed by atoms with E-state index in [0.717, 1.165) is 25.7 Å². The molecule has 3 N–H and O–H groups in total. The van der Waals surface area contributed by atoms with Gasteiger partial charge < -0.3 is 5.73 Å². The summed E-state index contributed by atoms with van der Waals surface area (Å²) in [6.45, 7) is 0. The molecule has 1 aromatic rings. The van der Waals surface area contributed by atoms with E-state index in [4.69, 9.17) is 29.6 Å². The maximum Gasteiger partial charge on any atom is 0.259 e. The Hall–Kier alpha value is -0.700. The molecule has 1 heterocycles. The Morgan fingerprint density at radius 1 is 1.52 bits per heavy atom. The Labute approximate surface area is 135 Å². The molecule has 0 spiro atoms. The number of aryl methyl sites for hydroxylation is 1. The number of nitrogens with one attached hydrogen (secondary N) is 1. The molecule has 0 saturated heterocycles. The van der Waals surface area contributed by atoms with Gasteiger partial charge in [0.15, 0.2) is 5.03 Å². The SMILES string of the molecule is Cn1ncc(Cl)c1S(=O)(=O)NC(C(N)=S)C1CCCCC1. The Bertz CT molecular complexity index is 604. The van der Waals surface area contributed by atoms with Crippen LogP contribution in [0.5, 0.6) is 0 Å². The minimum absolute atomic E-state index is 0.0683. The standard InChI is InChI=1S/C12H19ClN4O2S2/c1-17-12(9(13)7-15-17)21(18,19)16-10(11(14)20)8-5-3-2-4-6-8/h7-8,10,16H,2-6H2,1H3,(H2,14,20). The highest BCUT2D eigenvalue weighted by Crippen LogP contribution is 2.28. The van der Waals surface area contributed by atoms with Gasteiger partial charge in [-0.25, -0.2) is 8.42 Å². The van der Waals surface area contributed by atoms with Gasteiger partial charge in [0.25, 0.3) is 10.0 Å². The van der Waals surface area contributed by atoms with E-state index in [0.29, 0.717) is 0 Å².